The highest BCUT2D eigenvalue weighted by Crippen LogP contribution is 2.06. The summed E-state index contributed by atoms with van der Waals surface area (Å²) in [5.74, 6) is 0. The Labute approximate surface area is 95.0 Å². The maximum absolute atomic E-state index is 5.59. The Morgan fingerprint density at radius 1 is 0.867 bits per heavy atom. The molecular weight excluding hydrogens is 186 g/mol. The zero-order valence-electron chi connectivity index (χ0n) is 10.3. The molecule has 0 spiro atoms. The molecule has 0 radical (unpaired) electrons. The highest BCUT2D eigenvalue weighted by molar-refractivity contribution is 4.71. The van der Waals surface area contributed by atoms with Crippen LogP contribution < -0.4 is 0 Å². The summed E-state index contributed by atoms with van der Waals surface area (Å²) >= 11 is 0. The summed E-state index contributed by atoms with van der Waals surface area (Å²) in [5.41, 5.74) is 0. The monoisotopic (exact) mass is 213 g/mol. The molecule has 0 unspecified atom stereocenters. The minimum atomic E-state index is 0.978. The fourth-order valence-electron chi connectivity index (χ4n) is 1.74. The normalized spacial score (nSPS) is 15.8. The topological polar surface area (TPSA) is 12.2 Å². The molecule has 0 N–H and O–H groups in total. The molecule has 2 nitrogen and oxygen atoms in total. The molecule has 0 aliphatic carbocycles. The van der Waals surface area contributed by atoms with Gasteiger partial charge in [0, 0.05) is 26.3 Å². The van der Waals surface area contributed by atoms with Crippen molar-refractivity contribution < 1.29 is 4.74 Å². The number of hydrogen-bond donors (Lipinski definition) is 0. The molecule has 1 fully saturated rings. The van der Waals surface area contributed by atoms with Crippen molar-refractivity contribution in [2.24, 2.45) is 0 Å². The summed E-state index contributed by atoms with van der Waals surface area (Å²) < 4.78 is 5.59. The van der Waals surface area contributed by atoms with E-state index in [0.29, 0.717) is 0 Å². The van der Waals surface area contributed by atoms with Crippen LogP contribution in [0.3, 0.4) is 0 Å². The van der Waals surface area contributed by atoms with E-state index in [1.54, 1.807) is 0 Å². The predicted molar refractivity (Wildman–Crippen MR) is 65.3 cm³/mol. The fraction of sp³-hybridized carbons (Fsp3) is 1.00. The standard InChI is InChI=1S/C13H27NO/c1-2-3-4-7-12-15-13-8-5-6-9-14-10-11-14/h2-13H2,1H3. The third kappa shape index (κ3) is 8.88. The summed E-state index contributed by atoms with van der Waals surface area (Å²) in [6.45, 7) is 8.20. The smallest absolute Gasteiger partial charge is 0.0466 e. The van der Waals surface area contributed by atoms with Crippen molar-refractivity contribution in [3.05, 3.63) is 0 Å². The molecule has 0 saturated carbocycles. The number of nitrogens with zero attached hydrogens (tertiary/aromatic N) is 1. The molecule has 1 aliphatic rings. The van der Waals surface area contributed by atoms with Crippen molar-refractivity contribution in [1.29, 1.82) is 0 Å². The summed E-state index contributed by atoms with van der Waals surface area (Å²) in [6, 6.07) is 0. The van der Waals surface area contributed by atoms with Crippen molar-refractivity contribution in [3.63, 3.8) is 0 Å². The first-order valence-corrected chi connectivity index (χ1v) is 6.73. The van der Waals surface area contributed by atoms with Gasteiger partial charge in [-0.3, -0.25) is 0 Å². The first-order valence-electron chi connectivity index (χ1n) is 6.73. The first kappa shape index (κ1) is 13.0. The van der Waals surface area contributed by atoms with Gasteiger partial charge >= 0.3 is 0 Å². The second-order valence-corrected chi connectivity index (χ2v) is 4.58. The van der Waals surface area contributed by atoms with Crippen LogP contribution in [0.2, 0.25) is 0 Å². The SMILES string of the molecule is CCCCCCOCCCCCN1CC1. The summed E-state index contributed by atoms with van der Waals surface area (Å²) in [4.78, 5) is 2.49. The van der Waals surface area contributed by atoms with E-state index in [9.17, 15) is 0 Å². The lowest BCUT2D eigenvalue weighted by Crippen LogP contribution is -2.01. The number of rotatable bonds is 11. The first-order chi connectivity index (χ1) is 7.43. The van der Waals surface area contributed by atoms with Gasteiger partial charge in [-0.1, -0.05) is 26.2 Å². The van der Waals surface area contributed by atoms with Gasteiger partial charge in [-0.25, -0.2) is 0 Å². The van der Waals surface area contributed by atoms with E-state index in [0.717, 1.165) is 13.2 Å². The quantitative estimate of drug-likeness (QED) is 0.386. The largest absolute Gasteiger partial charge is 0.381 e. The van der Waals surface area contributed by atoms with Gasteiger partial charge in [0.25, 0.3) is 0 Å². The van der Waals surface area contributed by atoms with Crippen molar-refractivity contribution in [2.75, 3.05) is 32.8 Å². The van der Waals surface area contributed by atoms with Crippen molar-refractivity contribution >= 4 is 0 Å². The summed E-state index contributed by atoms with van der Waals surface area (Å²) in [5, 5.41) is 0. The number of ether oxygens (including phenoxy) is 1. The molecule has 0 atom stereocenters. The Bertz CT molecular complexity index is 134. The number of unbranched alkanes of at least 4 members (excludes halogenated alkanes) is 5. The van der Waals surface area contributed by atoms with E-state index in [2.05, 4.69) is 11.8 Å². The average Bonchev–Trinajstić information content (AvgIpc) is 3.05. The zero-order chi connectivity index (χ0) is 10.8. The molecule has 0 amide bonds. The Balaban J connectivity index is 1.62. The minimum absolute atomic E-state index is 0.978. The third-order valence-electron chi connectivity index (χ3n) is 2.95. The molecule has 90 valence electrons. The van der Waals surface area contributed by atoms with Gasteiger partial charge in [0.2, 0.25) is 0 Å². The second kappa shape index (κ2) is 9.17. The highest BCUT2D eigenvalue weighted by atomic mass is 16.5. The Morgan fingerprint density at radius 2 is 1.53 bits per heavy atom. The predicted octanol–water partition coefficient (Wildman–Crippen LogP) is 3.07. The highest BCUT2D eigenvalue weighted by Gasteiger charge is 2.14. The average molecular weight is 213 g/mol. The van der Waals surface area contributed by atoms with Crippen molar-refractivity contribution in [1.82, 2.24) is 4.90 Å². The maximum Gasteiger partial charge on any atom is 0.0466 e. The molecule has 15 heavy (non-hydrogen) atoms. The molecule has 1 heterocycles. The van der Waals surface area contributed by atoms with E-state index in [-0.39, 0.29) is 0 Å². The lowest BCUT2D eigenvalue weighted by molar-refractivity contribution is 0.125. The molecule has 0 bridgehead atoms. The van der Waals surface area contributed by atoms with Crippen molar-refractivity contribution in [2.45, 2.75) is 51.9 Å². The molecule has 1 rings (SSSR count). The van der Waals surface area contributed by atoms with Gasteiger partial charge < -0.3 is 9.64 Å². The molecular formula is C13H27NO. The molecule has 0 aromatic heterocycles. The van der Waals surface area contributed by atoms with Crippen LogP contribution in [0, 0.1) is 0 Å². The third-order valence-corrected chi connectivity index (χ3v) is 2.95. The van der Waals surface area contributed by atoms with Gasteiger partial charge in [-0.15, -0.1) is 0 Å². The molecule has 0 aromatic carbocycles. The molecule has 2 heteroatoms. The van der Waals surface area contributed by atoms with E-state index in [4.69, 9.17) is 4.74 Å². The van der Waals surface area contributed by atoms with Crippen LogP contribution in [-0.2, 0) is 4.74 Å². The Morgan fingerprint density at radius 3 is 2.13 bits per heavy atom. The van der Waals surface area contributed by atoms with E-state index < -0.39 is 0 Å². The Kier molecular flexibility index (Phi) is 7.94. The Hall–Kier alpha value is -0.0800. The van der Waals surface area contributed by atoms with Crippen LogP contribution in [0.25, 0.3) is 0 Å². The molecule has 1 saturated heterocycles. The molecule has 1 aliphatic heterocycles. The van der Waals surface area contributed by atoms with Crippen LogP contribution in [0.4, 0.5) is 0 Å². The van der Waals surface area contributed by atoms with Crippen LogP contribution in [0.1, 0.15) is 51.9 Å². The van der Waals surface area contributed by atoms with E-state index >= 15 is 0 Å². The lowest BCUT2D eigenvalue weighted by atomic mass is 10.2. The van der Waals surface area contributed by atoms with E-state index in [1.165, 1.54) is 64.6 Å². The maximum atomic E-state index is 5.59. The van der Waals surface area contributed by atoms with Gasteiger partial charge in [0.1, 0.15) is 0 Å². The van der Waals surface area contributed by atoms with E-state index in [1.807, 2.05) is 0 Å². The summed E-state index contributed by atoms with van der Waals surface area (Å²) in [7, 11) is 0. The van der Waals surface area contributed by atoms with Crippen molar-refractivity contribution in [3.8, 4) is 0 Å². The fourth-order valence-corrected chi connectivity index (χ4v) is 1.74. The van der Waals surface area contributed by atoms with Gasteiger partial charge in [-0.2, -0.15) is 0 Å². The minimum Gasteiger partial charge on any atom is -0.381 e. The van der Waals surface area contributed by atoms with Crippen LogP contribution >= 0.6 is 0 Å². The second-order valence-electron chi connectivity index (χ2n) is 4.58. The zero-order valence-corrected chi connectivity index (χ0v) is 10.3. The lowest BCUT2D eigenvalue weighted by Gasteiger charge is -2.04. The number of hydrogen-bond acceptors (Lipinski definition) is 2. The van der Waals surface area contributed by atoms with Gasteiger partial charge in [0.05, 0.1) is 0 Å². The van der Waals surface area contributed by atoms with Crippen LogP contribution in [-0.4, -0.2) is 37.7 Å². The summed E-state index contributed by atoms with van der Waals surface area (Å²) in [6.07, 6.45) is 9.22. The van der Waals surface area contributed by atoms with Crippen LogP contribution in [0.15, 0.2) is 0 Å². The van der Waals surface area contributed by atoms with Gasteiger partial charge in [-0.05, 0) is 32.2 Å². The van der Waals surface area contributed by atoms with Gasteiger partial charge in [0.15, 0.2) is 0 Å². The molecule has 0 aromatic rings. The van der Waals surface area contributed by atoms with Crippen LogP contribution in [0.5, 0.6) is 0 Å².